The zero-order valence-electron chi connectivity index (χ0n) is 38.5. The highest BCUT2D eigenvalue weighted by molar-refractivity contribution is 5.90. The van der Waals surface area contributed by atoms with Crippen molar-refractivity contribution in [1.29, 1.82) is 0 Å². The molecule has 4 aromatic rings. The van der Waals surface area contributed by atoms with Crippen molar-refractivity contribution in [2.24, 2.45) is 37.8 Å². The molecule has 4 aliphatic rings. The minimum Gasteiger partial charge on any atom is -0.396 e. The smallest absolute Gasteiger partial charge is 0.258 e. The zero-order chi connectivity index (χ0) is 47.4. The lowest BCUT2D eigenvalue weighted by molar-refractivity contribution is -0.141. The molecule has 0 aliphatic carbocycles. The SMILES string of the molecule is C/C=C/c1ccc2n(c1=O)C[C@@H]1[C@@H](CO)[C@H](C(=O)NCCc3cn(C)cn3)N(C(=O)CC)[C@H]21.C/C=C\c1ccc2n(c1=O)C[C@@H]1[C@@H](CO)[C@H](C(=O)NCCc3cn(C)cn3)N(C(=O)CC)[C@H]21. The standard InChI is InChI=1S/2C24H31N5O4/c2*1-4-6-15-7-8-19-21-17(12-28(19)24(15)33)18(13-30)22(29(21)20(31)5-2)23(32)25-10-9-16-11-27(3)14-26-16/h2*4,6-8,11,14,17-18,21-22,30H,5,9-10,12-13H2,1-3H3,(H,25,32)/b6-4+;6-4-/t2*17-,18-,21+,22-/m11/s1. The van der Waals surface area contributed by atoms with Gasteiger partial charge < -0.3 is 48.9 Å². The van der Waals surface area contributed by atoms with Gasteiger partial charge in [0, 0.05) is 138 Å². The molecule has 0 bridgehead atoms. The topological polar surface area (TPSA) is 219 Å². The quantitative estimate of drug-likeness (QED) is 0.144. The summed E-state index contributed by atoms with van der Waals surface area (Å²) < 4.78 is 7.08. The van der Waals surface area contributed by atoms with Crippen LogP contribution in [0.4, 0.5) is 0 Å². The number of pyridine rings is 2. The number of aliphatic hydroxyl groups is 2. The molecule has 4 aromatic heterocycles. The van der Waals surface area contributed by atoms with E-state index in [2.05, 4.69) is 20.6 Å². The van der Waals surface area contributed by atoms with E-state index < -0.39 is 36.0 Å². The van der Waals surface area contributed by atoms with Gasteiger partial charge in [-0.3, -0.25) is 28.8 Å². The lowest BCUT2D eigenvalue weighted by Crippen LogP contribution is -2.50. The largest absolute Gasteiger partial charge is 0.396 e. The average molecular weight is 907 g/mol. The van der Waals surface area contributed by atoms with Crippen LogP contribution in [0.5, 0.6) is 0 Å². The predicted octanol–water partition coefficient (Wildman–Crippen LogP) is 1.75. The van der Waals surface area contributed by atoms with E-state index in [1.807, 2.05) is 73.8 Å². The highest BCUT2D eigenvalue weighted by Gasteiger charge is 2.58. The van der Waals surface area contributed by atoms with Crippen LogP contribution in [0.2, 0.25) is 0 Å². The van der Waals surface area contributed by atoms with E-state index in [1.54, 1.807) is 69.7 Å². The number of likely N-dealkylation sites (tertiary alicyclic amines) is 2. The predicted molar refractivity (Wildman–Crippen MR) is 246 cm³/mol. The van der Waals surface area contributed by atoms with Gasteiger partial charge in [0.15, 0.2) is 0 Å². The summed E-state index contributed by atoms with van der Waals surface area (Å²) in [6, 6.07) is 4.89. The van der Waals surface area contributed by atoms with Crippen LogP contribution in [-0.2, 0) is 59.2 Å². The van der Waals surface area contributed by atoms with Crippen molar-refractivity contribution < 1.29 is 29.4 Å². The third-order valence-electron chi connectivity index (χ3n) is 13.5. The molecule has 18 nitrogen and oxygen atoms in total. The number of nitrogens with one attached hydrogen (secondary N) is 2. The van der Waals surface area contributed by atoms with E-state index in [-0.39, 0.29) is 72.6 Å². The van der Waals surface area contributed by atoms with Crippen LogP contribution in [0.25, 0.3) is 12.2 Å². The Morgan fingerprint density at radius 3 is 1.38 bits per heavy atom. The number of aryl methyl sites for hydroxylation is 2. The Morgan fingerprint density at radius 1 is 0.667 bits per heavy atom. The van der Waals surface area contributed by atoms with Gasteiger partial charge in [-0.2, -0.15) is 0 Å². The summed E-state index contributed by atoms with van der Waals surface area (Å²) in [7, 11) is 3.77. The molecule has 0 unspecified atom stereocenters. The van der Waals surface area contributed by atoms with Crippen LogP contribution in [0, 0.1) is 23.7 Å². The number of hydrogen-bond donors (Lipinski definition) is 4. The number of aromatic nitrogens is 6. The van der Waals surface area contributed by atoms with E-state index >= 15 is 0 Å². The molecule has 0 spiro atoms. The first-order valence-corrected chi connectivity index (χ1v) is 22.9. The Morgan fingerprint density at radius 2 is 1.06 bits per heavy atom. The molecule has 66 heavy (non-hydrogen) atoms. The number of aliphatic hydroxyl groups excluding tert-OH is 2. The molecule has 352 valence electrons. The second kappa shape index (κ2) is 20.4. The van der Waals surface area contributed by atoms with Crippen LogP contribution >= 0.6 is 0 Å². The first-order valence-electron chi connectivity index (χ1n) is 22.9. The Bertz CT molecular complexity index is 2450. The van der Waals surface area contributed by atoms with Gasteiger partial charge in [-0.15, -0.1) is 0 Å². The van der Waals surface area contributed by atoms with E-state index in [1.165, 1.54) is 0 Å². The second-order valence-electron chi connectivity index (χ2n) is 17.5. The second-order valence-corrected chi connectivity index (χ2v) is 17.5. The molecule has 0 radical (unpaired) electrons. The molecule has 18 heteroatoms. The fourth-order valence-corrected chi connectivity index (χ4v) is 10.6. The third kappa shape index (κ3) is 8.95. The highest BCUT2D eigenvalue weighted by atomic mass is 16.3. The molecular formula is C48H62N10O8. The fourth-order valence-electron chi connectivity index (χ4n) is 10.6. The zero-order valence-corrected chi connectivity index (χ0v) is 38.5. The first-order chi connectivity index (χ1) is 31.8. The van der Waals surface area contributed by atoms with Crippen molar-refractivity contribution in [1.82, 2.24) is 48.7 Å². The maximum Gasteiger partial charge on any atom is 0.258 e. The number of carbonyl (C=O) groups is 4. The Hall–Kier alpha value is -6.40. The normalized spacial score (nSPS) is 23.7. The molecule has 0 saturated carbocycles. The van der Waals surface area contributed by atoms with Crippen molar-refractivity contribution in [2.75, 3.05) is 26.3 Å². The Labute approximate surface area is 383 Å². The van der Waals surface area contributed by atoms with Gasteiger partial charge in [-0.05, 0) is 38.1 Å². The van der Waals surface area contributed by atoms with Gasteiger partial charge >= 0.3 is 0 Å². The van der Waals surface area contributed by atoms with Crippen molar-refractivity contribution in [2.45, 2.75) is 90.6 Å². The number of amides is 4. The Balaban J connectivity index is 0.000000196. The summed E-state index contributed by atoms with van der Waals surface area (Å²) >= 11 is 0. The van der Waals surface area contributed by atoms with Crippen LogP contribution in [0.15, 0.2) is 71.1 Å². The molecule has 2 saturated heterocycles. The number of rotatable bonds is 14. The first kappa shape index (κ1) is 47.6. The summed E-state index contributed by atoms with van der Waals surface area (Å²) in [6.45, 7) is 8.27. The van der Waals surface area contributed by atoms with Gasteiger partial charge in [0.25, 0.3) is 11.1 Å². The molecular weight excluding hydrogens is 845 g/mol. The molecule has 0 aromatic carbocycles. The van der Waals surface area contributed by atoms with Gasteiger partial charge in [0.1, 0.15) is 12.1 Å². The maximum absolute atomic E-state index is 13.3. The summed E-state index contributed by atoms with van der Waals surface area (Å²) in [4.78, 5) is 90.3. The number of imidazole rings is 2. The minimum absolute atomic E-state index is 0.114. The molecule has 4 aliphatic heterocycles. The summed E-state index contributed by atoms with van der Waals surface area (Å²) in [6.07, 6.45) is 16.0. The van der Waals surface area contributed by atoms with Crippen molar-refractivity contribution in [3.63, 3.8) is 0 Å². The summed E-state index contributed by atoms with van der Waals surface area (Å²) in [5.41, 5.74) is 4.12. The molecule has 8 rings (SSSR count). The van der Waals surface area contributed by atoms with Crippen molar-refractivity contribution >= 4 is 35.8 Å². The lowest BCUT2D eigenvalue weighted by Gasteiger charge is -2.30. The molecule has 8 atom stereocenters. The van der Waals surface area contributed by atoms with E-state index in [0.717, 1.165) is 22.8 Å². The Kier molecular flexibility index (Phi) is 14.7. The van der Waals surface area contributed by atoms with Gasteiger partial charge in [0.2, 0.25) is 23.6 Å². The molecule has 4 amide bonds. The summed E-state index contributed by atoms with van der Waals surface area (Å²) in [5.74, 6) is -2.19. The minimum atomic E-state index is -0.778. The lowest BCUT2D eigenvalue weighted by atomic mass is 9.88. The summed E-state index contributed by atoms with van der Waals surface area (Å²) in [5, 5.41) is 26.4. The molecule has 8 heterocycles. The van der Waals surface area contributed by atoms with Crippen LogP contribution in [-0.4, -0.2) is 110 Å². The number of carbonyl (C=O) groups excluding carboxylic acids is 4. The van der Waals surface area contributed by atoms with Gasteiger partial charge in [-0.25, -0.2) is 9.97 Å². The van der Waals surface area contributed by atoms with Crippen LogP contribution < -0.4 is 21.8 Å². The monoisotopic (exact) mass is 906 g/mol. The van der Waals surface area contributed by atoms with Gasteiger partial charge in [-0.1, -0.05) is 38.2 Å². The van der Waals surface area contributed by atoms with E-state index in [9.17, 15) is 39.0 Å². The number of fused-ring (bicyclic) bond motifs is 6. The maximum atomic E-state index is 13.3. The molecule has 4 N–H and O–H groups in total. The van der Waals surface area contributed by atoms with E-state index in [0.29, 0.717) is 50.1 Å². The van der Waals surface area contributed by atoms with E-state index in [4.69, 9.17) is 0 Å². The van der Waals surface area contributed by atoms with Crippen LogP contribution in [0.1, 0.15) is 86.5 Å². The third-order valence-corrected chi connectivity index (χ3v) is 13.5. The van der Waals surface area contributed by atoms with Crippen LogP contribution in [0.3, 0.4) is 0 Å². The molecule has 2 fully saturated rings. The average Bonchev–Trinajstić information content (AvgIpc) is 4.17. The van der Waals surface area contributed by atoms with Crippen molar-refractivity contribution in [3.8, 4) is 0 Å². The fraction of sp³-hybridized carbons (Fsp3) is 0.500. The number of nitrogens with zero attached hydrogens (tertiary/aromatic N) is 8. The number of allylic oxidation sites excluding steroid dienone is 2. The van der Waals surface area contributed by atoms with Crippen molar-refractivity contribution in [3.05, 3.63) is 116 Å². The van der Waals surface area contributed by atoms with Gasteiger partial charge in [0.05, 0.1) is 36.1 Å². The highest BCUT2D eigenvalue weighted by Crippen LogP contribution is 2.50. The number of hydrogen-bond acceptors (Lipinski definition) is 10.